The second-order valence-corrected chi connectivity index (χ2v) is 1.58. The van der Waals surface area contributed by atoms with E-state index in [1.54, 1.807) is 0 Å². The maximum atomic E-state index is 10.5. The van der Waals surface area contributed by atoms with Gasteiger partial charge in [0.2, 0.25) is 0 Å². The summed E-state index contributed by atoms with van der Waals surface area (Å²) in [4.78, 5) is 10.5. The molecule has 1 aromatic rings. The molecule has 0 fully saturated rings. The first kappa shape index (κ1) is 9.78. The third-order valence-corrected chi connectivity index (χ3v) is 0.882. The van der Waals surface area contributed by atoms with Gasteiger partial charge in [-0.05, 0) is 5.75 Å². The molecular formula is C5H5N2O2Y-. The summed E-state index contributed by atoms with van der Waals surface area (Å²) in [5.74, 6) is -0.224. The summed E-state index contributed by atoms with van der Waals surface area (Å²) in [6.07, 6.45) is 1.15. The zero-order valence-corrected chi connectivity index (χ0v) is 8.24. The molecule has 0 aliphatic carbocycles. The predicted molar refractivity (Wildman–Crippen MR) is 30.0 cm³/mol. The van der Waals surface area contributed by atoms with E-state index in [0.29, 0.717) is 0 Å². The number of nitrogens with zero attached hydrogens (tertiary/aromatic N) is 2. The standard InChI is InChI=1S/C5H5N2O2.Y/c1-7-5(9)2-4(8)3-6-7;/h3,8H,1H3;/q-1;. The first-order chi connectivity index (χ1) is 4.20. The summed E-state index contributed by atoms with van der Waals surface area (Å²) in [7, 11) is 1.48. The van der Waals surface area contributed by atoms with E-state index in [2.05, 4.69) is 11.2 Å². The van der Waals surface area contributed by atoms with Crippen molar-refractivity contribution < 1.29 is 37.8 Å². The van der Waals surface area contributed by atoms with Crippen molar-refractivity contribution in [2.24, 2.45) is 7.05 Å². The average molecular weight is 214 g/mol. The Morgan fingerprint density at radius 3 is 2.80 bits per heavy atom. The van der Waals surface area contributed by atoms with E-state index in [1.807, 2.05) is 0 Å². The maximum Gasteiger partial charge on any atom is 0.177 e. The van der Waals surface area contributed by atoms with Gasteiger partial charge in [-0.3, -0.25) is 14.6 Å². The number of aryl methyl sites for hydroxylation is 1. The average Bonchev–Trinajstić information content (AvgIpc) is 1.80. The molecule has 1 N–H and O–H groups in total. The molecule has 1 heterocycles. The Bertz CT molecular complexity index is 271. The molecule has 0 aliphatic rings. The van der Waals surface area contributed by atoms with Gasteiger partial charge in [-0.2, -0.15) is 0 Å². The Balaban J connectivity index is 0.000000810. The van der Waals surface area contributed by atoms with Crippen molar-refractivity contribution in [2.75, 3.05) is 0 Å². The van der Waals surface area contributed by atoms with E-state index in [4.69, 9.17) is 5.11 Å². The molecule has 0 saturated heterocycles. The van der Waals surface area contributed by atoms with Crippen molar-refractivity contribution in [3.8, 4) is 5.75 Å². The zero-order valence-electron chi connectivity index (χ0n) is 5.40. The number of hydrogen-bond donors (Lipinski definition) is 1. The molecule has 0 amide bonds. The largest absolute Gasteiger partial charge is 0.544 e. The van der Waals surface area contributed by atoms with Crippen LogP contribution in [0, 0.1) is 6.07 Å². The second-order valence-electron chi connectivity index (χ2n) is 1.58. The Morgan fingerprint density at radius 1 is 1.80 bits per heavy atom. The van der Waals surface area contributed by atoms with Crippen LogP contribution in [0.2, 0.25) is 0 Å². The summed E-state index contributed by atoms with van der Waals surface area (Å²) in [6.45, 7) is 0. The van der Waals surface area contributed by atoms with Gasteiger partial charge in [0, 0.05) is 39.8 Å². The van der Waals surface area contributed by atoms with Gasteiger partial charge in [0.25, 0.3) is 0 Å². The Kier molecular flexibility index (Phi) is 3.75. The summed E-state index contributed by atoms with van der Waals surface area (Å²) >= 11 is 0. The van der Waals surface area contributed by atoms with Gasteiger partial charge in [-0.1, -0.05) is 6.20 Å². The number of aromatic nitrogens is 2. The maximum absolute atomic E-state index is 10.5. The fraction of sp³-hybridized carbons (Fsp3) is 0.200. The van der Waals surface area contributed by atoms with Crippen LogP contribution in [0.5, 0.6) is 5.75 Å². The normalized spacial score (nSPS) is 8.50. The van der Waals surface area contributed by atoms with Crippen LogP contribution in [0.3, 0.4) is 0 Å². The first-order valence-electron chi connectivity index (χ1n) is 2.35. The third-order valence-electron chi connectivity index (χ3n) is 0.882. The molecule has 1 rings (SSSR count). The minimum absolute atomic E-state index is 0. The quantitative estimate of drug-likeness (QED) is 0.580. The molecule has 0 saturated carbocycles. The molecule has 1 aromatic heterocycles. The van der Waals surface area contributed by atoms with E-state index in [-0.39, 0.29) is 38.5 Å². The molecule has 0 unspecified atom stereocenters. The molecule has 4 nitrogen and oxygen atoms in total. The van der Waals surface area contributed by atoms with Gasteiger partial charge in [-0.15, -0.1) is 6.07 Å². The van der Waals surface area contributed by atoms with E-state index < -0.39 is 5.56 Å². The van der Waals surface area contributed by atoms with Gasteiger partial charge in [0.15, 0.2) is 5.56 Å². The van der Waals surface area contributed by atoms with Gasteiger partial charge in [0.05, 0.1) is 0 Å². The Labute approximate surface area is 82.8 Å². The van der Waals surface area contributed by atoms with E-state index in [0.717, 1.165) is 10.9 Å². The number of hydrogen-bond acceptors (Lipinski definition) is 3. The molecule has 10 heavy (non-hydrogen) atoms. The topological polar surface area (TPSA) is 55.1 Å². The second kappa shape index (κ2) is 3.83. The van der Waals surface area contributed by atoms with Gasteiger partial charge in [-0.25, -0.2) is 0 Å². The van der Waals surface area contributed by atoms with Crippen LogP contribution in [-0.4, -0.2) is 14.9 Å². The SMILES string of the molecule is Cn1ncc(O)[c-]c1=O.[Y]. The summed E-state index contributed by atoms with van der Waals surface area (Å²) < 4.78 is 1.08. The van der Waals surface area contributed by atoms with E-state index in [9.17, 15) is 4.79 Å². The van der Waals surface area contributed by atoms with E-state index in [1.165, 1.54) is 7.05 Å². The van der Waals surface area contributed by atoms with Crippen molar-refractivity contribution in [3.05, 3.63) is 22.6 Å². The summed E-state index contributed by atoms with van der Waals surface area (Å²) in [5.41, 5.74) is -0.435. The Hall–Kier alpha value is -0.216. The monoisotopic (exact) mass is 214 g/mol. The zero-order chi connectivity index (χ0) is 6.85. The molecule has 0 bridgehead atoms. The van der Waals surface area contributed by atoms with Crippen LogP contribution in [0.25, 0.3) is 0 Å². The molecule has 0 aliphatic heterocycles. The summed E-state index contributed by atoms with van der Waals surface area (Å²) in [5, 5.41) is 12.1. The minimum atomic E-state index is -0.435. The van der Waals surface area contributed by atoms with Crippen molar-refractivity contribution in [3.63, 3.8) is 0 Å². The number of rotatable bonds is 0. The number of aromatic hydroxyl groups is 1. The third kappa shape index (κ3) is 2.19. The molecule has 51 valence electrons. The molecule has 0 atom stereocenters. The fourth-order valence-electron chi connectivity index (χ4n) is 0.416. The van der Waals surface area contributed by atoms with Crippen LogP contribution in [0.15, 0.2) is 11.0 Å². The predicted octanol–water partition coefficient (Wildman–Crippen LogP) is -0.716. The van der Waals surface area contributed by atoms with Gasteiger partial charge >= 0.3 is 0 Å². The van der Waals surface area contributed by atoms with Crippen LogP contribution >= 0.6 is 0 Å². The van der Waals surface area contributed by atoms with Crippen molar-refractivity contribution >= 4 is 0 Å². The van der Waals surface area contributed by atoms with Crippen molar-refractivity contribution in [1.82, 2.24) is 9.78 Å². The molecule has 1 radical (unpaired) electrons. The minimum Gasteiger partial charge on any atom is -0.544 e. The van der Waals surface area contributed by atoms with Crippen LogP contribution in [0.4, 0.5) is 0 Å². The van der Waals surface area contributed by atoms with E-state index >= 15 is 0 Å². The molecule has 0 spiro atoms. The summed E-state index contributed by atoms with van der Waals surface area (Å²) in [6, 6.07) is 2.14. The Morgan fingerprint density at radius 2 is 2.40 bits per heavy atom. The van der Waals surface area contributed by atoms with Crippen LogP contribution in [-0.2, 0) is 39.8 Å². The van der Waals surface area contributed by atoms with Crippen LogP contribution < -0.4 is 5.56 Å². The van der Waals surface area contributed by atoms with Gasteiger partial charge < -0.3 is 5.11 Å². The van der Waals surface area contributed by atoms with Crippen molar-refractivity contribution in [1.29, 1.82) is 0 Å². The molecular weight excluding hydrogens is 209 g/mol. The smallest absolute Gasteiger partial charge is 0.177 e. The fourth-order valence-corrected chi connectivity index (χ4v) is 0.416. The molecule has 0 aromatic carbocycles. The van der Waals surface area contributed by atoms with Crippen molar-refractivity contribution in [2.45, 2.75) is 0 Å². The first-order valence-corrected chi connectivity index (χ1v) is 2.35. The van der Waals surface area contributed by atoms with Crippen LogP contribution in [0.1, 0.15) is 0 Å². The van der Waals surface area contributed by atoms with Gasteiger partial charge in [0.1, 0.15) is 0 Å². The molecule has 5 heteroatoms.